The lowest BCUT2D eigenvalue weighted by Gasteiger charge is -2.19. The summed E-state index contributed by atoms with van der Waals surface area (Å²) >= 11 is 1.88. The zero-order valence-corrected chi connectivity index (χ0v) is 13.6. The van der Waals surface area contributed by atoms with Crippen molar-refractivity contribution in [3.05, 3.63) is 28.2 Å². The van der Waals surface area contributed by atoms with Gasteiger partial charge in [-0.15, -0.1) is 0 Å². The third-order valence-corrected chi connectivity index (χ3v) is 5.50. The van der Waals surface area contributed by atoms with Crippen LogP contribution in [0, 0.1) is 0 Å². The second kappa shape index (κ2) is 6.16. The van der Waals surface area contributed by atoms with Crippen molar-refractivity contribution < 1.29 is 4.79 Å². The van der Waals surface area contributed by atoms with Gasteiger partial charge in [0, 0.05) is 24.5 Å². The molecule has 1 amide bonds. The summed E-state index contributed by atoms with van der Waals surface area (Å²) in [6, 6.07) is 0.154. The minimum absolute atomic E-state index is 0.154. The van der Waals surface area contributed by atoms with E-state index < -0.39 is 0 Å². The average molecular weight is 320 g/mol. The third kappa shape index (κ3) is 2.65. The van der Waals surface area contributed by atoms with Gasteiger partial charge in [-0.1, -0.05) is 13.3 Å². The SMILES string of the molecule is CCS[C@@H]1CCC[C@@H]1NC(=O)c1c[nH]c2c(cnn2C)c1=O. The highest BCUT2D eigenvalue weighted by molar-refractivity contribution is 7.99. The van der Waals surface area contributed by atoms with Crippen LogP contribution in [0.1, 0.15) is 36.5 Å². The molecule has 0 aromatic carbocycles. The van der Waals surface area contributed by atoms with Gasteiger partial charge in [-0.2, -0.15) is 16.9 Å². The molecular formula is C15H20N4O2S. The van der Waals surface area contributed by atoms with E-state index in [2.05, 4.69) is 22.3 Å². The number of aromatic nitrogens is 3. The van der Waals surface area contributed by atoms with E-state index in [1.165, 1.54) is 12.4 Å². The van der Waals surface area contributed by atoms with Gasteiger partial charge in [0.15, 0.2) is 0 Å². The molecule has 2 aromatic heterocycles. The van der Waals surface area contributed by atoms with Crippen molar-refractivity contribution in [3.8, 4) is 0 Å². The van der Waals surface area contributed by atoms with Crippen LogP contribution in [0.25, 0.3) is 11.0 Å². The van der Waals surface area contributed by atoms with Gasteiger partial charge in [-0.05, 0) is 18.6 Å². The molecule has 0 aliphatic heterocycles. The number of pyridine rings is 1. The van der Waals surface area contributed by atoms with Crippen LogP contribution in [0.2, 0.25) is 0 Å². The molecule has 3 rings (SSSR count). The number of hydrogen-bond donors (Lipinski definition) is 2. The Hall–Kier alpha value is -1.76. The van der Waals surface area contributed by atoms with E-state index in [1.807, 2.05) is 11.8 Å². The minimum Gasteiger partial charge on any atom is -0.348 e. The van der Waals surface area contributed by atoms with E-state index >= 15 is 0 Å². The first-order valence-corrected chi connectivity index (χ1v) is 8.62. The van der Waals surface area contributed by atoms with Crippen LogP contribution in [0.5, 0.6) is 0 Å². The molecule has 0 unspecified atom stereocenters. The lowest BCUT2D eigenvalue weighted by Crippen LogP contribution is -2.40. The molecule has 2 atom stereocenters. The summed E-state index contributed by atoms with van der Waals surface area (Å²) in [7, 11) is 1.75. The Bertz CT molecular complexity index is 752. The van der Waals surface area contributed by atoms with Crippen LogP contribution in [0.3, 0.4) is 0 Å². The molecule has 2 heterocycles. The largest absolute Gasteiger partial charge is 0.348 e. The molecule has 22 heavy (non-hydrogen) atoms. The number of carbonyl (C=O) groups excluding carboxylic acids is 1. The fourth-order valence-corrected chi connectivity index (χ4v) is 4.24. The number of thioether (sulfide) groups is 1. The van der Waals surface area contributed by atoms with E-state index in [1.54, 1.807) is 11.7 Å². The van der Waals surface area contributed by atoms with Crippen molar-refractivity contribution in [1.29, 1.82) is 0 Å². The first-order valence-electron chi connectivity index (χ1n) is 7.57. The van der Waals surface area contributed by atoms with E-state index in [4.69, 9.17) is 0 Å². The van der Waals surface area contributed by atoms with E-state index in [0.717, 1.165) is 25.0 Å². The third-order valence-electron chi connectivity index (χ3n) is 4.18. The summed E-state index contributed by atoms with van der Waals surface area (Å²) in [5.41, 5.74) is 0.520. The van der Waals surface area contributed by atoms with Gasteiger partial charge in [0.1, 0.15) is 11.2 Å². The summed E-state index contributed by atoms with van der Waals surface area (Å²) in [6.07, 6.45) is 6.22. The number of amides is 1. The highest BCUT2D eigenvalue weighted by Gasteiger charge is 2.29. The number of rotatable bonds is 4. The second-order valence-corrected chi connectivity index (χ2v) is 7.08. The standard InChI is InChI=1S/C15H20N4O2S/c1-3-22-12-6-4-5-11(12)18-15(21)10-7-16-14-9(13(10)20)8-17-19(14)2/h7-8,11-12H,3-6H2,1-2H3,(H,16,20)(H,18,21)/t11-,12+/m0/s1. The summed E-state index contributed by atoms with van der Waals surface area (Å²) in [6.45, 7) is 2.13. The van der Waals surface area contributed by atoms with Gasteiger partial charge in [0.25, 0.3) is 5.91 Å². The fourth-order valence-electron chi connectivity index (χ4n) is 3.05. The number of nitrogens with zero attached hydrogens (tertiary/aromatic N) is 2. The van der Waals surface area contributed by atoms with Crippen LogP contribution in [0.4, 0.5) is 0 Å². The molecule has 7 heteroatoms. The Morgan fingerprint density at radius 1 is 1.55 bits per heavy atom. The van der Waals surface area contributed by atoms with Crippen molar-refractivity contribution in [1.82, 2.24) is 20.1 Å². The van der Waals surface area contributed by atoms with E-state index in [-0.39, 0.29) is 22.9 Å². The monoisotopic (exact) mass is 320 g/mol. The number of fused-ring (bicyclic) bond motifs is 1. The van der Waals surface area contributed by atoms with Crippen LogP contribution < -0.4 is 10.7 Å². The first kappa shape index (κ1) is 15.1. The number of carbonyl (C=O) groups is 1. The molecule has 0 radical (unpaired) electrons. The van der Waals surface area contributed by atoms with Crippen LogP contribution in [0.15, 0.2) is 17.2 Å². The topological polar surface area (TPSA) is 79.8 Å². The predicted octanol–water partition coefficient (Wildman–Crippen LogP) is 1.67. The van der Waals surface area contributed by atoms with Crippen molar-refractivity contribution >= 4 is 28.7 Å². The van der Waals surface area contributed by atoms with Crippen molar-refractivity contribution in [2.75, 3.05) is 5.75 Å². The molecule has 2 N–H and O–H groups in total. The van der Waals surface area contributed by atoms with Crippen molar-refractivity contribution in [2.24, 2.45) is 7.05 Å². The van der Waals surface area contributed by atoms with Gasteiger partial charge in [0.2, 0.25) is 5.43 Å². The highest BCUT2D eigenvalue weighted by Crippen LogP contribution is 2.29. The van der Waals surface area contributed by atoms with Gasteiger partial charge < -0.3 is 10.3 Å². The lowest BCUT2D eigenvalue weighted by molar-refractivity contribution is 0.0937. The molecular weight excluding hydrogens is 300 g/mol. The molecule has 1 saturated carbocycles. The molecule has 2 aromatic rings. The number of aryl methyl sites for hydroxylation is 1. The summed E-state index contributed by atoms with van der Waals surface area (Å²) in [5, 5.41) is 7.98. The molecule has 1 aliphatic carbocycles. The Morgan fingerprint density at radius 2 is 2.36 bits per heavy atom. The Morgan fingerprint density at radius 3 is 3.14 bits per heavy atom. The molecule has 0 saturated heterocycles. The number of H-pyrrole nitrogens is 1. The zero-order valence-electron chi connectivity index (χ0n) is 12.8. The number of hydrogen-bond acceptors (Lipinski definition) is 4. The lowest BCUT2D eigenvalue weighted by atomic mass is 10.2. The molecule has 6 nitrogen and oxygen atoms in total. The number of nitrogens with one attached hydrogen (secondary N) is 2. The minimum atomic E-state index is -0.291. The normalized spacial score (nSPS) is 21.4. The van der Waals surface area contributed by atoms with Gasteiger partial charge in [0.05, 0.1) is 11.6 Å². The van der Waals surface area contributed by atoms with Gasteiger partial charge >= 0.3 is 0 Å². The molecule has 1 aliphatic rings. The predicted molar refractivity (Wildman–Crippen MR) is 88.4 cm³/mol. The smallest absolute Gasteiger partial charge is 0.257 e. The van der Waals surface area contributed by atoms with Crippen LogP contribution >= 0.6 is 11.8 Å². The zero-order chi connectivity index (χ0) is 15.7. The average Bonchev–Trinajstić information content (AvgIpc) is 3.08. The van der Waals surface area contributed by atoms with Crippen LogP contribution in [-0.4, -0.2) is 37.7 Å². The highest BCUT2D eigenvalue weighted by atomic mass is 32.2. The molecule has 0 spiro atoms. The summed E-state index contributed by atoms with van der Waals surface area (Å²) in [4.78, 5) is 27.9. The van der Waals surface area contributed by atoms with E-state index in [0.29, 0.717) is 16.3 Å². The Labute approximate surface area is 132 Å². The van der Waals surface area contributed by atoms with Gasteiger partial charge in [-0.3, -0.25) is 14.3 Å². The van der Waals surface area contributed by atoms with E-state index in [9.17, 15) is 9.59 Å². The molecule has 1 fully saturated rings. The maximum absolute atomic E-state index is 12.5. The molecule has 118 valence electrons. The summed E-state index contributed by atoms with van der Waals surface area (Å²) < 4.78 is 1.59. The number of aromatic amines is 1. The maximum atomic E-state index is 12.5. The molecule has 0 bridgehead atoms. The maximum Gasteiger partial charge on any atom is 0.257 e. The second-order valence-electron chi connectivity index (χ2n) is 5.57. The fraction of sp³-hybridized carbons (Fsp3) is 0.533. The van der Waals surface area contributed by atoms with Crippen LogP contribution in [-0.2, 0) is 7.05 Å². The summed E-state index contributed by atoms with van der Waals surface area (Å²) in [5.74, 6) is 0.750. The Kier molecular flexibility index (Phi) is 4.24. The van der Waals surface area contributed by atoms with Crippen molar-refractivity contribution in [3.63, 3.8) is 0 Å². The van der Waals surface area contributed by atoms with Gasteiger partial charge in [-0.25, -0.2) is 0 Å². The quantitative estimate of drug-likeness (QED) is 0.898. The van der Waals surface area contributed by atoms with Crippen molar-refractivity contribution in [2.45, 2.75) is 37.5 Å². The first-order chi connectivity index (χ1) is 10.6. The Balaban J connectivity index is 1.83.